The Morgan fingerprint density at radius 2 is 1.72 bits per heavy atom. The van der Waals surface area contributed by atoms with Gasteiger partial charge in [-0.1, -0.05) is 71.4 Å². The minimum Gasteiger partial charge on any atom is -0.353 e. The molecule has 0 atom stereocenters. The number of nitrogens with one attached hydrogen (secondary N) is 1. The van der Waals surface area contributed by atoms with E-state index in [-0.39, 0.29) is 11.9 Å². The van der Waals surface area contributed by atoms with Gasteiger partial charge in [-0.25, -0.2) is 9.97 Å². The predicted molar refractivity (Wildman–Crippen MR) is 131 cm³/mol. The first-order chi connectivity index (χ1) is 15.6. The number of rotatable bonds is 7. The third-order valence-electron chi connectivity index (χ3n) is 5.41. The SMILES string of the molecule is O=C(CSc1ncc(-c2ccccc2)cn1)NC1CCN(Cc2ccc(Cl)c(Cl)c2)CC1. The van der Waals surface area contributed by atoms with E-state index in [2.05, 4.69) is 20.2 Å². The Morgan fingerprint density at radius 3 is 2.41 bits per heavy atom. The van der Waals surface area contributed by atoms with Gasteiger partial charge in [-0.05, 0) is 36.1 Å². The molecule has 0 radical (unpaired) electrons. The fraction of sp³-hybridized carbons (Fsp3) is 0.292. The summed E-state index contributed by atoms with van der Waals surface area (Å²) >= 11 is 13.5. The molecule has 1 aliphatic heterocycles. The Hall–Kier alpha value is -2.12. The van der Waals surface area contributed by atoms with Crippen molar-refractivity contribution in [2.45, 2.75) is 30.6 Å². The first-order valence-electron chi connectivity index (χ1n) is 10.5. The van der Waals surface area contributed by atoms with Gasteiger partial charge in [-0.3, -0.25) is 9.69 Å². The first kappa shape index (κ1) is 23.1. The lowest BCUT2D eigenvalue weighted by Gasteiger charge is -2.32. The molecule has 1 aliphatic rings. The fourth-order valence-electron chi connectivity index (χ4n) is 3.70. The zero-order chi connectivity index (χ0) is 22.3. The summed E-state index contributed by atoms with van der Waals surface area (Å²) in [6.07, 6.45) is 5.46. The quantitative estimate of drug-likeness (QED) is 0.361. The highest BCUT2D eigenvalue weighted by atomic mass is 35.5. The monoisotopic (exact) mass is 486 g/mol. The number of piperidine rings is 1. The van der Waals surface area contributed by atoms with Gasteiger partial charge in [0.2, 0.25) is 5.91 Å². The summed E-state index contributed by atoms with van der Waals surface area (Å²) in [5, 5.41) is 4.92. The summed E-state index contributed by atoms with van der Waals surface area (Å²) in [4.78, 5) is 23.5. The van der Waals surface area contributed by atoms with E-state index in [0.29, 0.717) is 21.0 Å². The maximum Gasteiger partial charge on any atom is 0.230 e. The Balaban J connectivity index is 1.18. The molecule has 0 spiro atoms. The van der Waals surface area contributed by atoms with Crippen LogP contribution < -0.4 is 5.32 Å². The summed E-state index contributed by atoms with van der Waals surface area (Å²) in [7, 11) is 0. The molecule has 5 nitrogen and oxygen atoms in total. The molecule has 166 valence electrons. The van der Waals surface area contributed by atoms with Gasteiger partial charge < -0.3 is 5.32 Å². The molecular weight excluding hydrogens is 463 g/mol. The molecule has 4 rings (SSSR count). The zero-order valence-corrected chi connectivity index (χ0v) is 19.8. The van der Waals surface area contributed by atoms with Crippen molar-refractivity contribution in [3.05, 3.63) is 76.5 Å². The molecule has 1 aromatic heterocycles. The van der Waals surface area contributed by atoms with Gasteiger partial charge in [0.1, 0.15) is 0 Å². The van der Waals surface area contributed by atoms with Crippen LogP contribution in [0, 0.1) is 0 Å². The second kappa shape index (κ2) is 11.1. The van der Waals surface area contributed by atoms with Crippen molar-refractivity contribution in [1.82, 2.24) is 20.2 Å². The number of aromatic nitrogens is 2. The van der Waals surface area contributed by atoms with E-state index in [1.165, 1.54) is 11.8 Å². The number of benzene rings is 2. The van der Waals surface area contributed by atoms with Crippen LogP contribution in [0.2, 0.25) is 10.0 Å². The molecule has 1 fully saturated rings. The highest BCUT2D eigenvalue weighted by molar-refractivity contribution is 7.99. The summed E-state index contributed by atoms with van der Waals surface area (Å²) in [5.74, 6) is 0.336. The van der Waals surface area contributed by atoms with Crippen LogP contribution in [-0.4, -0.2) is 45.7 Å². The number of halogens is 2. The largest absolute Gasteiger partial charge is 0.353 e. The molecule has 1 amide bonds. The van der Waals surface area contributed by atoms with Crippen molar-refractivity contribution in [1.29, 1.82) is 0 Å². The maximum absolute atomic E-state index is 12.4. The number of amides is 1. The van der Waals surface area contributed by atoms with E-state index >= 15 is 0 Å². The number of carbonyl (C=O) groups excluding carboxylic acids is 1. The Kier molecular flexibility index (Phi) is 8.03. The van der Waals surface area contributed by atoms with Crippen molar-refractivity contribution in [3.63, 3.8) is 0 Å². The molecule has 3 aromatic rings. The van der Waals surface area contributed by atoms with Crippen LogP contribution in [0.5, 0.6) is 0 Å². The van der Waals surface area contributed by atoms with Crippen molar-refractivity contribution < 1.29 is 4.79 Å². The third-order valence-corrected chi connectivity index (χ3v) is 7.03. The molecule has 2 heterocycles. The normalized spacial score (nSPS) is 14.9. The summed E-state index contributed by atoms with van der Waals surface area (Å²) in [6.45, 7) is 2.70. The molecule has 1 N–H and O–H groups in total. The van der Waals surface area contributed by atoms with E-state index in [4.69, 9.17) is 23.2 Å². The fourth-order valence-corrected chi connectivity index (χ4v) is 4.62. The average Bonchev–Trinajstić information content (AvgIpc) is 2.82. The van der Waals surface area contributed by atoms with Gasteiger partial charge in [0, 0.05) is 43.6 Å². The van der Waals surface area contributed by atoms with Crippen LogP contribution in [0.25, 0.3) is 11.1 Å². The lowest BCUT2D eigenvalue weighted by atomic mass is 10.0. The second-order valence-electron chi connectivity index (χ2n) is 7.78. The highest BCUT2D eigenvalue weighted by Crippen LogP contribution is 2.24. The lowest BCUT2D eigenvalue weighted by molar-refractivity contribution is -0.119. The van der Waals surface area contributed by atoms with E-state index < -0.39 is 0 Å². The number of hydrogen-bond donors (Lipinski definition) is 1. The lowest BCUT2D eigenvalue weighted by Crippen LogP contribution is -2.44. The molecule has 0 saturated carbocycles. The molecule has 2 aromatic carbocycles. The molecular formula is C24H24Cl2N4OS. The van der Waals surface area contributed by atoms with Crippen LogP contribution >= 0.6 is 35.0 Å². The van der Waals surface area contributed by atoms with Gasteiger partial charge in [0.15, 0.2) is 5.16 Å². The van der Waals surface area contributed by atoms with Crippen molar-refractivity contribution in [3.8, 4) is 11.1 Å². The summed E-state index contributed by atoms with van der Waals surface area (Å²) < 4.78 is 0. The van der Waals surface area contributed by atoms with E-state index in [0.717, 1.165) is 49.2 Å². The van der Waals surface area contributed by atoms with Gasteiger partial charge in [-0.2, -0.15) is 0 Å². The number of hydrogen-bond acceptors (Lipinski definition) is 5. The molecule has 32 heavy (non-hydrogen) atoms. The number of thioether (sulfide) groups is 1. The van der Waals surface area contributed by atoms with E-state index in [1.807, 2.05) is 48.5 Å². The van der Waals surface area contributed by atoms with Gasteiger partial charge >= 0.3 is 0 Å². The number of carbonyl (C=O) groups is 1. The predicted octanol–water partition coefficient (Wildman–Crippen LogP) is 5.32. The van der Waals surface area contributed by atoms with Crippen molar-refractivity contribution in [2.75, 3.05) is 18.8 Å². The van der Waals surface area contributed by atoms with Gasteiger partial charge in [0.05, 0.1) is 15.8 Å². The standard InChI is InChI=1S/C24H24Cl2N4OS/c25-21-7-6-17(12-22(21)26)15-30-10-8-20(9-11-30)29-23(31)16-32-24-27-13-19(14-28-24)18-4-2-1-3-5-18/h1-7,12-14,20H,8-11,15-16H2,(H,29,31). The zero-order valence-electron chi connectivity index (χ0n) is 17.5. The van der Waals surface area contributed by atoms with Crippen LogP contribution in [0.15, 0.2) is 66.1 Å². The Labute approximate surface area is 202 Å². The average molecular weight is 487 g/mol. The van der Waals surface area contributed by atoms with E-state index in [9.17, 15) is 4.79 Å². The molecule has 0 unspecified atom stereocenters. The van der Waals surface area contributed by atoms with Crippen LogP contribution in [-0.2, 0) is 11.3 Å². The topological polar surface area (TPSA) is 58.1 Å². The number of nitrogens with zero attached hydrogens (tertiary/aromatic N) is 3. The van der Waals surface area contributed by atoms with Crippen LogP contribution in [0.3, 0.4) is 0 Å². The van der Waals surface area contributed by atoms with E-state index in [1.54, 1.807) is 12.4 Å². The molecule has 0 bridgehead atoms. The molecule has 1 saturated heterocycles. The maximum atomic E-state index is 12.4. The minimum atomic E-state index is 0.0219. The van der Waals surface area contributed by atoms with Crippen molar-refractivity contribution >= 4 is 40.9 Å². The van der Waals surface area contributed by atoms with Crippen LogP contribution in [0.4, 0.5) is 0 Å². The third kappa shape index (κ3) is 6.45. The Morgan fingerprint density at radius 1 is 1.00 bits per heavy atom. The molecule has 8 heteroatoms. The van der Waals surface area contributed by atoms with Crippen molar-refractivity contribution in [2.24, 2.45) is 0 Å². The van der Waals surface area contributed by atoms with Crippen LogP contribution in [0.1, 0.15) is 18.4 Å². The minimum absolute atomic E-state index is 0.0219. The number of likely N-dealkylation sites (tertiary alicyclic amines) is 1. The summed E-state index contributed by atoms with van der Waals surface area (Å²) in [6, 6.07) is 16.0. The Bertz CT molecular complexity index is 1040. The molecule has 0 aliphatic carbocycles. The van der Waals surface area contributed by atoms with Gasteiger partial charge in [-0.15, -0.1) is 0 Å². The highest BCUT2D eigenvalue weighted by Gasteiger charge is 2.21. The summed E-state index contributed by atoms with van der Waals surface area (Å²) in [5.41, 5.74) is 3.19. The smallest absolute Gasteiger partial charge is 0.230 e. The second-order valence-corrected chi connectivity index (χ2v) is 9.53. The first-order valence-corrected chi connectivity index (χ1v) is 12.3. The van der Waals surface area contributed by atoms with Gasteiger partial charge in [0.25, 0.3) is 0 Å².